The van der Waals surface area contributed by atoms with Crippen LogP contribution in [0.15, 0.2) is 30.3 Å². The Morgan fingerprint density at radius 3 is 2.64 bits per heavy atom. The highest BCUT2D eigenvalue weighted by Crippen LogP contribution is 2.05. The van der Waals surface area contributed by atoms with E-state index in [1.54, 1.807) is 0 Å². The predicted molar refractivity (Wildman–Crippen MR) is 42.2 cm³/mol. The molecule has 0 unspecified atom stereocenters. The lowest BCUT2D eigenvalue weighted by molar-refractivity contribution is 0.164. The van der Waals surface area contributed by atoms with Gasteiger partial charge in [0.05, 0.1) is 13.2 Å². The van der Waals surface area contributed by atoms with Crippen molar-refractivity contribution in [2.45, 2.75) is 0 Å². The first kappa shape index (κ1) is 8.04. The van der Waals surface area contributed by atoms with Crippen molar-refractivity contribution in [1.29, 1.82) is 0 Å². The van der Waals surface area contributed by atoms with E-state index in [9.17, 15) is 0 Å². The van der Waals surface area contributed by atoms with Gasteiger partial charge in [-0.3, -0.25) is 0 Å². The Morgan fingerprint density at radius 2 is 2.00 bits per heavy atom. The molecule has 11 heavy (non-hydrogen) atoms. The van der Waals surface area contributed by atoms with Gasteiger partial charge in [0.15, 0.2) is 0 Å². The molecule has 2 N–H and O–H groups in total. The molecule has 0 fully saturated rings. The van der Waals surface area contributed by atoms with E-state index in [0.29, 0.717) is 6.54 Å². The monoisotopic (exact) mass is 153 g/mol. The summed E-state index contributed by atoms with van der Waals surface area (Å²) in [5.74, 6) is 0.751. The van der Waals surface area contributed by atoms with Crippen molar-refractivity contribution in [3.05, 3.63) is 30.3 Å². The summed E-state index contributed by atoms with van der Waals surface area (Å²) in [5.41, 5.74) is 2.60. The molecule has 3 heteroatoms. The van der Waals surface area contributed by atoms with Crippen molar-refractivity contribution in [3.8, 4) is 5.75 Å². The van der Waals surface area contributed by atoms with Crippen LogP contribution >= 0.6 is 0 Å². The lowest BCUT2D eigenvalue weighted by Gasteiger charge is -2.03. The number of aliphatic hydroxyl groups excluding tert-OH is 1. The molecule has 3 nitrogen and oxygen atoms in total. The van der Waals surface area contributed by atoms with Crippen molar-refractivity contribution in [1.82, 2.24) is 5.48 Å². The molecule has 1 rings (SSSR count). The van der Waals surface area contributed by atoms with Crippen molar-refractivity contribution in [2.75, 3.05) is 13.2 Å². The van der Waals surface area contributed by atoms with Crippen molar-refractivity contribution in [3.63, 3.8) is 0 Å². The fraction of sp³-hybridized carbons (Fsp3) is 0.250. The van der Waals surface area contributed by atoms with E-state index < -0.39 is 0 Å². The first-order valence-corrected chi connectivity index (χ1v) is 3.49. The van der Waals surface area contributed by atoms with E-state index >= 15 is 0 Å². The SMILES string of the molecule is OCCNOc1ccccc1. The minimum Gasteiger partial charge on any atom is -0.409 e. The third-order valence-electron chi connectivity index (χ3n) is 1.15. The average molecular weight is 153 g/mol. The number of aliphatic hydroxyl groups is 1. The zero-order chi connectivity index (χ0) is 7.94. The van der Waals surface area contributed by atoms with E-state index in [-0.39, 0.29) is 6.61 Å². The van der Waals surface area contributed by atoms with Crippen LogP contribution in [-0.2, 0) is 0 Å². The fourth-order valence-electron chi connectivity index (χ4n) is 0.669. The Labute approximate surface area is 65.6 Å². The number of benzene rings is 1. The van der Waals surface area contributed by atoms with Gasteiger partial charge in [0, 0.05) is 0 Å². The number of hydroxylamine groups is 1. The molecule has 1 aromatic rings. The summed E-state index contributed by atoms with van der Waals surface area (Å²) in [6, 6.07) is 9.36. The molecular formula is C8H11NO2. The fourth-order valence-corrected chi connectivity index (χ4v) is 0.669. The Morgan fingerprint density at radius 1 is 1.27 bits per heavy atom. The summed E-state index contributed by atoms with van der Waals surface area (Å²) in [6.07, 6.45) is 0. The van der Waals surface area contributed by atoms with E-state index in [1.165, 1.54) is 0 Å². The van der Waals surface area contributed by atoms with Gasteiger partial charge in [-0.1, -0.05) is 18.2 Å². The molecule has 0 aliphatic carbocycles. The molecule has 1 aromatic carbocycles. The highest BCUT2D eigenvalue weighted by Gasteiger charge is 1.87. The zero-order valence-corrected chi connectivity index (χ0v) is 6.16. The Bertz CT molecular complexity index is 189. The standard InChI is InChI=1S/C8H11NO2/c10-7-6-9-11-8-4-2-1-3-5-8/h1-5,9-10H,6-7H2. The van der Waals surface area contributed by atoms with E-state index in [0.717, 1.165) is 5.75 Å². The normalized spacial score (nSPS) is 9.55. The molecule has 60 valence electrons. The van der Waals surface area contributed by atoms with Crippen LogP contribution in [0.25, 0.3) is 0 Å². The number of rotatable bonds is 4. The molecule has 0 aliphatic rings. The Balaban J connectivity index is 2.28. The summed E-state index contributed by atoms with van der Waals surface area (Å²) in [7, 11) is 0. The van der Waals surface area contributed by atoms with Crippen LogP contribution in [0.1, 0.15) is 0 Å². The number of hydrogen-bond acceptors (Lipinski definition) is 3. The minimum absolute atomic E-state index is 0.0762. The summed E-state index contributed by atoms with van der Waals surface area (Å²) < 4.78 is 0. The summed E-state index contributed by atoms with van der Waals surface area (Å²) in [6.45, 7) is 0.516. The van der Waals surface area contributed by atoms with Crippen LogP contribution in [0.4, 0.5) is 0 Å². The van der Waals surface area contributed by atoms with E-state index in [1.807, 2.05) is 30.3 Å². The van der Waals surface area contributed by atoms with Crippen LogP contribution in [0.2, 0.25) is 0 Å². The number of para-hydroxylation sites is 1. The van der Waals surface area contributed by atoms with Gasteiger partial charge in [0.1, 0.15) is 5.75 Å². The lowest BCUT2D eigenvalue weighted by atomic mass is 10.3. The van der Waals surface area contributed by atoms with Gasteiger partial charge in [-0.05, 0) is 12.1 Å². The van der Waals surface area contributed by atoms with Crippen LogP contribution in [-0.4, -0.2) is 18.3 Å². The van der Waals surface area contributed by atoms with E-state index in [4.69, 9.17) is 9.94 Å². The van der Waals surface area contributed by atoms with Gasteiger partial charge >= 0.3 is 0 Å². The van der Waals surface area contributed by atoms with Crippen molar-refractivity contribution >= 4 is 0 Å². The Hall–Kier alpha value is -1.06. The third kappa shape index (κ3) is 3.02. The van der Waals surface area contributed by atoms with Gasteiger partial charge in [0.25, 0.3) is 0 Å². The maximum absolute atomic E-state index is 8.40. The highest BCUT2D eigenvalue weighted by atomic mass is 16.6. The van der Waals surface area contributed by atoms with E-state index in [2.05, 4.69) is 5.48 Å². The molecule has 0 spiro atoms. The molecule has 0 saturated carbocycles. The van der Waals surface area contributed by atoms with Gasteiger partial charge in [-0.15, -0.1) is 0 Å². The molecule has 0 aliphatic heterocycles. The first-order chi connectivity index (χ1) is 5.43. The predicted octanol–water partition coefficient (Wildman–Crippen LogP) is 0.562. The second-order valence-corrected chi connectivity index (χ2v) is 2.03. The third-order valence-corrected chi connectivity index (χ3v) is 1.15. The molecule has 0 saturated heterocycles. The van der Waals surface area contributed by atoms with Gasteiger partial charge in [0.2, 0.25) is 0 Å². The van der Waals surface area contributed by atoms with Crippen LogP contribution in [0, 0.1) is 0 Å². The smallest absolute Gasteiger partial charge is 0.147 e. The van der Waals surface area contributed by atoms with Crippen molar-refractivity contribution < 1.29 is 9.94 Å². The van der Waals surface area contributed by atoms with Gasteiger partial charge in [-0.2, -0.15) is 5.48 Å². The molecule has 0 radical (unpaired) electrons. The van der Waals surface area contributed by atoms with Gasteiger partial charge < -0.3 is 9.94 Å². The second-order valence-electron chi connectivity index (χ2n) is 2.03. The van der Waals surface area contributed by atoms with Crippen LogP contribution in [0.5, 0.6) is 5.75 Å². The summed E-state index contributed by atoms with van der Waals surface area (Å²) >= 11 is 0. The topological polar surface area (TPSA) is 41.5 Å². The Kier molecular flexibility index (Phi) is 3.44. The second kappa shape index (κ2) is 4.71. The first-order valence-electron chi connectivity index (χ1n) is 3.49. The maximum Gasteiger partial charge on any atom is 0.147 e. The van der Waals surface area contributed by atoms with Crippen LogP contribution < -0.4 is 10.3 Å². The lowest BCUT2D eigenvalue weighted by Crippen LogP contribution is -2.21. The quantitative estimate of drug-likeness (QED) is 0.490. The molecule has 0 amide bonds. The number of hydrogen-bond donors (Lipinski definition) is 2. The summed E-state index contributed by atoms with van der Waals surface area (Å²) in [5, 5.41) is 8.40. The molecule has 0 bridgehead atoms. The maximum atomic E-state index is 8.40. The largest absolute Gasteiger partial charge is 0.409 e. The van der Waals surface area contributed by atoms with Crippen molar-refractivity contribution in [2.24, 2.45) is 0 Å². The summed E-state index contributed by atoms with van der Waals surface area (Å²) in [4.78, 5) is 5.04. The average Bonchev–Trinajstić information content (AvgIpc) is 2.07. The number of nitrogens with one attached hydrogen (secondary N) is 1. The molecule has 0 heterocycles. The van der Waals surface area contributed by atoms with Gasteiger partial charge in [-0.25, -0.2) is 0 Å². The zero-order valence-electron chi connectivity index (χ0n) is 6.16. The molecular weight excluding hydrogens is 142 g/mol. The molecule has 0 atom stereocenters. The highest BCUT2D eigenvalue weighted by molar-refractivity contribution is 5.20. The van der Waals surface area contributed by atoms with Crippen LogP contribution in [0.3, 0.4) is 0 Å². The minimum atomic E-state index is 0.0762. The molecule has 0 aromatic heterocycles.